The minimum Gasteiger partial charge on any atom is -0.316 e. The van der Waals surface area contributed by atoms with Gasteiger partial charge in [0.15, 0.2) is 5.78 Å². The van der Waals surface area contributed by atoms with Crippen molar-refractivity contribution in [2.75, 3.05) is 13.1 Å². The summed E-state index contributed by atoms with van der Waals surface area (Å²) in [6, 6.07) is 4.72. The van der Waals surface area contributed by atoms with Gasteiger partial charge >= 0.3 is 0 Å². The second kappa shape index (κ2) is 4.74. The molecular weight excluding hydrogens is 205 g/mol. The van der Waals surface area contributed by atoms with Crippen molar-refractivity contribution in [2.24, 2.45) is 5.92 Å². The average Bonchev–Trinajstić information content (AvgIpc) is 2.74. The molecule has 0 radical (unpaired) electrons. The number of Topliss-reactive ketones (excluding diaryl/α,β-unsaturated/α-hetero) is 1. The minimum atomic E-state index is -0.296. The summed E-state index contributed by atoms with van der Waals surface area (Å²) in [6.45, 7) is 3.59. The fourth-order valence-electron chi connectivity index (χ4n) is 2.04. The highest BCUT2D eigenvalue weighted by Crippen LogP contribution is 2.17. The Morgan fingerprint density at radius 1 is 1.56 bits per heavy atom. The summed E-state index contributed by atoms with van der Waals surface area (Å²) in [7, 11) is 0. The van der Waals surface area contributed by atoms with Crippen LogP contribution in [0.25, 0.3) is 0 Å². The molecule has 1 saturated heterocycles. The van der Waals surface area contributed by atoms with Gasteiger partial charge in [0.25, 0.3) is 0 Å². The molecule has 86 valence electrons. The largest absolute Gasteiger partial charge is 0.316 e. The van der Waals surface area contributed by atoms with Crippen molar-refractivity contribution in [3.8, 4) is 0 Å². The zero-order valence-corrected chi connectivity index (χ0v) is 9.42. The van der Waals surface area contributed by atoms with Crippen LogP contribution in [0.1, 0.15) is 28.8 Å². The van der Waals surface area contributed by atoms with Crippen molar-refractivity contribution in [2.45, 2.75) is 19.8 Å². The van der Waals surface area contributed by atoms with Crippen LogP contribution in [0.5, 0.6) is 0 Å². The molecule has 0 amide bonds. The standard InChI is InChI=1S/C13H16FNO/c1-9-2-3-11(7-12(9)14)13(16)6-10-4-5-15-8-10/h2-3,7,10,15H,4-6,8H2,1H3. The van der Waals surface area contributed by atoms with Gasteiger partial charge in [-0.3, -0.25) is 4.79 Å². The predicted octanol–water partition coefficient (Wildman–Crippen LogP) is 2.32. The molecule has 2 nitrogen and oxygen atoms in total. The van der Waals surface area contributed by atoms with E-state index in [1.54, 1.807) is 19.1 Å². The number of hydrogen-bond donors (Lipinski definition) is 1. The van der Waals surface area contributed by atoms with Gasteiger partial charge in [-0.25, -0.2) is 4.39 Å². The van der Waals surface area contributed by atoms with E-state index in [2.05, 4.69) is 5.32 Å². The monoisotopic (exact) mass is 221 g/mol. The van der Waals surface area contributed by atoms with Crippen molar-refractivity contribution in [3.63, 3.8) is 0 Å². The lowest BCUT2D eigenvalue weighted by Crippen LogP contribution is -2.13. The van der Waals surface area contributed by atoms with Crippen molar-refractivity contribution < 1.29 is 9.18 Å². The van der Waals surface area contributed by atoms with Crippen LogP contribution in [-0.4, -0.2) is 18.9 Å². The fourth-order valence-corrected chi connectivity index (χ4v) is 2.04. The van der Waals surface area contributed by atoms with Gasteiger partial charge in [0.05, 0.1) is 0 Å². The Morgan fingerprint density at radius 2 is 2.38 bits per heavy atom. The Bertz CT molecular complexity index is 397. The number of carbonyl (C=O) groups is 1. The maximum absolute atomic E-state index is 13.3. The summed E-state index contributed by atoms with van der Waals surface area (Å²) in [6.07, 6.45) is 1.57. The molecule has 0 bridgehead atoms. The lowest BCUT2D eigenvalue weighted by Gasteiger charge is -2.07. The molecule has 1 fully saturated rings. The zero-order valence-electron chi connectivity index (χ0n) is 9.42. The Morgan fingerprint density at radius 3 is 3.00 bits per heavy atom. The summed E-state index contributed by atoms with van der Waals surface area (Å²) >= 11 is 0. The fraction of sp³-hybridized carbons (Fsp3) is 0.462. The molecule has 1 unspecified atom stereocenters. The van der Waals surface area contributed by atoms with E-state index in [-0.39, 0.29) is 11.6 Å². The summed E-state index contributed by atoms with van der Waals surface area (Å²) in [5, 5.41) is 3.22. The molecular formula is C13H16FNO. The third-order valence-electron chi connectivity index (χ3n) is 3.13. The second-order valence-electron chi connectivity index (χ2n) is 4.45. The Labute approximate surface area is 94.9 Å². The number of aryl methyl sites for hydroxylation is 1. The number of nitrogens with one attached hydrogen (secondary N) is 1. The topological polar surface area (TPSA) is 29.1 Å². The Kier molecular flexibility index (Phi) is 3.34. The first-order valence-corrected chi connectivity index (χ1v) is 5.67. The summed E-state index contributed by atoms with van der Waals surface area (Å²) < 4.78 is 13.3. The first-order chi connectivity index (χ1) is 7.66. The quantitative estimate of drug-likeness (QED) is 0.794. The first-order valence-electron chi connectivity index (χ1n) is 5.67. The molecule has 1 aliphatic rings. The van der Waals surface area contributed by atoms with Crippen LogP contribution < -0.4 is 5.32 Å². The van der Waals surface area contributed by atoms with Crippen molar-refractivity contribution in [3.05, 3.63) is 35.1 Å². The first kappa shape index (κ1) is 11.3. The van der Waals surface area contributed by atoms with Gasteiger partial charge < -0.3 is 5.32 Å². The molecule has 2 rings (SSSR count). The highest BCUT2D eigenvalue weighted by Gasteiger charge is 2.19. The molecule has 0 aliphatic carbocycles. The van der Waals surface area contributed by atoms with Crippen LogP contribution in [-0.2, 0) is 0 Å². The van der Waals surface area contributed by atoms with E-state index in [1.165, 1.54) is 6.07 Å². The number of hydrogen-bond acceptors (Lipinski definition) is 2. The van der Waals surface area contributed by atoms with Crippen LogP contribution in [0.2, 0.25) is 0 Å². The molecule has 1 heterocycles. The van der Waals surface area contributed by atoms with Crippen LogP contribution in [0.15, 0.2) is 18.2 Å². The van der Waals surface area contributed by atoms with E-state index in [0.29, 0.717) is 23.5 Å². The van der Waals surface area contributed by atoms with Crippen LogP contribution in [0, 0.1) is 18.7 Å². The third kappa shape index (κ3) is 2.47. The van der Waals surface area contributed by atoms with Crippen molar-refractivity contribution in [1.29, 1.82) is 0 Å². The highest BCUT2D eigenvalue weighted by atomic mass is 19.1. The van der Waals surface area contributed by atoms with Gasteiger partial charge in [-0.15, -0.1) is 0 Å². The molecule has 1 N–H and O–H groups in total. The SMILES string of the molecule is Cc1ccc(C(=O)CC2CCNC2)cc1F. The molecule has 1 aliphatic heterocycles. The van der Waals surface area contributed by atoms with Gasteiger partial charge in [-0.2, -0.15) is 0 Å². The van der Waals surface area contributed by atoms with Gasteiger partial charge in [0.1, 0.15) is 5.82 Å². The maximum atomic E-state index is 13.3. The number of ketones is 1. The summed E-state index contributed by atoms with van der Waals surface area (Å²) in [5.74, 6) is 0.167. The van der Waals surface area contributed by atoms with E-state index in [0.717, 1.165) is 19.5 Å². The molecule has 1 atom stereocenters. The summed E-state index contributed by atoms with van der Waals surface area (Å²) in [5.41, 5.74) is 1.08. The van der Waals surface area contributed by atoms with Crippen molar-refractivity contribution in [1.82, 2.24) is 5.32 Å². The molecule has 0 saturated carbocycles. The lowest BCUT2D eigenvalue weighted by atomic mass is 9.97. The van der Waals surface area contributed by atoms with Gasteiger partial charge in [-0.1, -0.05) is 12.1 Å². The van der Waals surface area contributed by atoms with E-state index in [1.807, 2.05) is 0 Å². The lowest BCUT2D eigenvalue weighted by molar-refractivity contribution is 0.0964. The van der Waals surface area contributed by atoms with Crippen LogP contribution in [0.3, 0.4) is 0 Å². The maximum Gasteiger partial charge on any atom is 0.163 e. The molecule has 16 heavy (non-hydrogen) atoms. The van der Waals surface area contributed by atoms with Crippen LogP contribution >= 0.6 is 0 Å². The molecule has 1 aromatic carbocycles. The zero-order chi connectivity index (χ0) is 11.5. The number of carbonyl (C=O) groups excluding carboxylic acids is 1. The summed E-state index contributed by atoms with van der Waals surface area (Å²) in [4.78, 5) is 11.9. The van der Waals surface area contributed by atoms with Crippen LogP contribution in [0.4, 0.5) is 4.39 Å². The van der Waals surface area contributed by atoms with Gasteiger partial charge in [0.2, 0.25) is 0 Å². The van der Waals surface area contributed by atoms with E-state index in [9.17, 15) is 9.18 Å². The van der Waals surface area contributed by atoms with E-state index < -0.39 is 0 Å². The third-order valence-corrected chi connectivity index (χ3v) is 3.13. The molecule has 1 aromatic rings. The second-order valence-corrected chi connectivity index (χ2v) is 4.45. The Balaban J connectivity index is 2.05. The number of rotatable bonds is 3. The Hall–Kier alpha value is -1.22. The van der Waals surface area contributed by atoms with E-state index >= 15 is 0 Å². The highest BCUT2D eigenvalue weighted by molar-refractivity contribution is 5.96. The van der Waals surface area contributed by atoms with Gasteiger partial charge in [0, 0.05) is 12.0 Å². The van der Waals surface area contributed by atoms with Crippen molar-refractivity contribution >= 4 is 5.78 Å². The average molecular weight is 221 g/mol. The number of benzene rings is 1. The minimum absolute atomic E-state index is 0.0487. The molecule has 0 spiro atoms. The molecule has 0 aromatic heterocycles. The molecule has 3 heteroatoms. The normalized spacial score (nSPS) is 20.0. The predicted molar refractivity (Wildman–Crippen MR) is 61.1 cm³/mol. The number of halogens is 1. The van der Waals surface area contributed by atoms with Gasteiger partial charge in [-0.05, 0) is 44.0 Å². The van der Waals surface area contributed by atoms with E-state index in [4.69, 9.17) is 0 Å². The smallest absolute Gasteiger partial charge is 0.163 e.